The van der Waals surface area contributed by atoms with E-state index in [1.165, 1.54) is 16.4 Å². The van der Waals surface area contributed by atoms with Crippen molar-refractivity contribution in [1.82, 2.24) is 9.62 Å². The minimum absolute atomic E-state index is 0.0562. The number of benzene rings is 1. The van der Waals surface area contributed by atoms with Crippen molar-refractivity contribution in [3.63, 3.8) is 0 Å². The lowest BCUT2D eigenvalue weighted by Crippen LogP contribution is -2.56. The number of hydrogen-bond acceptors (Lipinski definition) is 4. The Morgan fingerprint density at radius 1 is 1.48 bits per heavy atom. The van der Waals surface area contributed by atoms with Crippen LogP contribution in [0.25, 0.3) is 0 Å². The van der Waals surface area contributed by atoms with Gasteiger partial charge in [0.05, 0.1) is 4.90 Å². The number of carbonyl (C=O) groups excluding carboxylic acids is 1. The first-order valence-electron chi connectivity index (χ1n) is 6.64. The van der Waals surface area contributed by atoms with E-state index >= 15 is 0 Å². The number of piperazine rings is 1. The lowest BCUT2D eigenvalue weighted by atomic mass is 10.2. The number of nitrogens with one attached hydrogen (secondary N) is 1. The van der Waals surface area contributed by atoms with E-state index in [9.17, 15) is 13.2 Å². The highest BCUT2D eigenvalue weighted by Crippen LogP contribution is 2.30. The lowest BCUT2D eigenvalue weighted by Gasteiger charge is -2.33. The molecule has 3 N–H and O–H groups in total. The largest absolute Gasteiger partial charge is 0.398 e. The fourth-order valence-electron chi connectivity index (χ4n) is 2.44. The zero-order valence-corrected chi connectivity index (χ0v) is 13.5. The molecule has 1 amide bonds. The number of hydrogen-bond donors (Lipinski definition) is 2. The average molecular weight is 332 g/mol. The van der Waals surface area contributed by atoms with Gasteiger partial charge in [0.2, 0.25) is 15.9 Å². The van der Waals surface area contributed by atoms with Crippen LogP contribution in [0.2, 0.25) is 5.02 Å². The molecule has 1 aromatic carbocycles. The van der Waals surface area contributed by atoms with Crippen molar-refractivity contribution in [3.8, 4) is 0 Å². The van der Waals surface area contributed by atoms with Crippen molar-refractivity contribution in [2.24, 2.45) is 0 Å². The maximum absolute atomic E-state index is 12.9. The molecule has 116 valence electrons. The number of nitrogens with zero attached hydrogens (tertiary/aromatic N) is 1. The van der Waals surface area contributed by atoms with Crippen LogP contribution < -0.4 is 11.1 Å². The molecule has 0 bridgehead atoms. The highest BCUT2D eigenvalue weighted by Gasteiger charge is 2.38. The molecule has 2 rings (SSSR count). The van der Waals surface area contributed by atoms with Crippen molar-refractivity contribution in [2.45, 2.75) is 31.2 Å². The van der Waals surface area contributed by atoms with Gasteiger partial charge in [-0.1, -0.05) is 18.5 Å². The van der Waals surface area contributed by atoms with Crippen molar-refractivity contribution in [1.29, 1.82) is 0 Å². The first kappa shape index (κ1) is 16.1. The van der Waals surface area contributed by atoms with Gasteiger partial charge in [-0.3, -0.25) is 4.79 Å². The summed E-state index contributed by atoms with van der Waals surface area (Å²) in [6.07, 6.45) is 0.403. The Kier molecular flexibility index (Phi) is 4.46. The summed E-state index contributed by atoms with van der Waals surface area (Å²) in [6.45, 7) is 3.93. The SMILES string of the molecule is CCC1C(=O)NCCN1S(=O)(=O)c1cc(Cl)cc(N)c1C. The molecule has 0 aromatic heterocycles. The Bertz CT molecular complexity index is 675. The van der Waals surface area contributed by atoms with Gasteiger partial charge in [-0.25, -0.2) is 8.42 Å². The first-order valence-corrected chi connectivity index (χ1v) is 8.46. The molecule has 1 aromatic rings. The van der Waals surface area contributed by atoms with E-state index in [1.54, 1.807) is 13.8 Å². The highest BCUT2D eigenvalue weighted by molar-refractivity contribution is 7.89. The number of halogens is 1. The van der Waals surface area contributed by atoms with E-state index in [-0.39, 0.29) is 22.4 Å². The van der Waals surface area contributed by atoms with Crippen molar-refractivity contribution in [2.75, 3.05) is 18.8 Å². The summed E-state index contributed by atoms with van der Waals surface area (Å²) in [5, 5.41) is 2.93. The Morgan fingerprint density at radius 2 is 2.14 bits per heavy atom. The standard InChI is InChI=1S/C13H18ClN3O3S/c1-3-11-13(18)16-4-5-17(11)21(19,20)12-7-9(14)6-10(15)8(12)2/h6-7,11H,3-5,15H2,1-2H3,(H,16,18). The van der Waals surface area contributed by atoms with E-state index in [1.807, 2.05) is 0 Å². The molecular weight excluding hydrogens is 314 g/mol. The summed E-state index contributed by atoms with van der Waals surface area (Å²) in [4.78, 5) is 11.9. The van der Waals surface area contributed by atoms with Crippen LogP contribution in [0.1, 0.15) is 18.9 Å². The Balaban J connectivity index is 2.54. The number of anilines is 1. The van der Waals surface area contributed by atoms with Gasteiger partial charge in [0.1, 0.15) is 6.04 Å². The Morgan fingerprint density at radius 3 is 2.76 bits per heavy atom. The summed E-state index contributed by atoms with van der Waals surface area (Å²) in [6, 6.07) is 2.18. The second-order valence-corrected chi connectivity index (χ2v) is 7.24. The average Bonchev–Trinajstić information content (AvgIpc) is 2.42. The topological polar surface area (TPSA) is 92.5 Å². The van der Waals surface area contributed by atoms with Crippen LogP contribution in [-0.4, -0.2) is 37.8 Å². The minimum Gasteiger partial charge on any atom is -0.398 e. The van der Waals surface area contributed by atoms with Gasteiger partial charge in [0, 0.05) is 23.8 Å². The summed E-state index contributed by atoms with van der Waals surface area (Å²) in [5.74, 6) is -0.278. The summed E-state index contributed by atoms with van der Waals surface area (Å²) < 4.78 is 26.9. The van der Waals surface area contributed by atoms with Crippen LogP contribution in [0.3, 0.4) is 0 Å². The van der Waals surface area contributed by atoms with Crippen molar-refractivity contribution < 1.29 is 13.2 Å². The molecule has 1 aliphatic rings. The predicted molar refractivity (Wildman–Crippen MR) is 81.6 cm³/mol. The molecule has 8 heteroatoms. The third-order valence-electron chi connectivity index (χ3n) is 3.62. The van der Waals surface area contributed by atoms with E-state index < -0.39 is 16.1 Å². The maximum atomic E-state index is 12.9. The van der Waals surface area contributed by atoms with Crippen LogP contribution >= 0.6 is 11.6 Å². The second-order valence-electron chi connectivity index (χ2n) is 4.95. The minimum atomic E-state index is -3.82. The predicted octanol–water partition coefficient (Wildman–Crippen LogP) is 1.13. The fraction of sp³-hybridized carbons (Fsp3) is 0.462. The molecule has 6 nitrogen and oxygen atoms in total. The third kappa shape index (κ3) is 2.86. The van der Waals surface area contributed by atoms with E-state index in [2.05, 4.69) is 5.32 Å². The lowest BCUT2D eigenvalue weighted by molar-refractivity contribution is -0.126. The number of rotatable bonds is 3. The van der Waals surface area contributed by atoms with Gasteiger partial charge >= 0.3 is 0 Å². The van der Waals surface area contributed by atoms with Crippen LogP contribution in [0, 0.1) is 6.92 Å². The molecule has 0 saturated carbocycles. The molecular formula is C13H18ClN3O3S. The highest BCUT2D eigenvalue weighted by atomic mass is 35.5. The van der Waals surface area contributed by atoms with Gasteiger partial charge in [-0.15, -0.1) is 0 Å². The maximum Gasteiger partial charge on any atom is 0.244 e. The molecule has 1 atom stereocenters. The number of nitrogens with two attached hydrogens (primary N) is 1. The van der Waals surface area contributed by atoms with E-state index in [0.717, 1.165) is 0 Å². The van der Waals surface area contributed by atoms with Crippen LogP contribution in [0.5, 0.6) is 0 Å². The molecule has 0 radical (unpaired) electrons. The zero-order chi connectivity index (χ0) is 15.8. The molecule has 1 fully saturated rings. The zero-order valence-electron chi connectivity index (χ0n) is 11.9. The number of sulfonamides is 1. The molecule has 1 heterocycles. The Hall–Kier alpha value is -1.31. The number of nitrogen functional groups attached to an aromatic ring is 1. The number of amides is 1. The monoisotopic (exact) mass is 331 g/mol. The van der Waals surface area contributed by atoms with Crippen molar-refractivity contribution in [3.05, 3.63) is 22.7 Å². The first-order chi connectivity index (χ1) is 9.78. The van der Waals surface area contributed by atoms with Gasteiger partial charge in [0.15, 0.2) is 0 Å². The molecule has 0 aliphatic carbocycles. The molecule has 0 spiro atoms. The van der Waals surface area contributed by atoms with Crippen LogP contribution in [0.15, 0.2) is 17.0 Å². The van der Waals surface area contributed by atoms with Gasteiger partial charge in [0.25, 0.3) is 0 Å². The summed E-state index contributed by atoms with van der Waals surface area (Å²) in [5.41, 5.74) is 6.56. The summed E-state index contributed by atoms with van der Waals surface area (Å²) >= 11 is 5.92. The normalized spacial score (nSPS) is 20.3. The Labute approximate surface area is 129 Å². The van der Waals surface area contributed by atoms with Crippen molar-refractivity contribution >= 4 is 33.2 Å². The molecule has 21 heavy (non-hydrogen) atoms. The molecule has 1 saturated heterocycles. The molecule has 1 aliphatic heterocycles. The van der Waals surface area contributed by atoms with Crippen LogP contribution in [-0.2, 0) is 14.8 Å². The van der Waals surface area contributed by atoms with E-state index in [0.29, 0.717) is 24.2 Å². The van der Waals surface area contributed by atoms with Gasteiger partial charge < -0.3 is 11.1 Å². The number of carbonyl (C=O) groups is 1. The van der Waals surface area contributed by atoms with Crippen LogP contribution in [0.4, 0.5) is 5.69 Å². The quantitative estimate of drug-likeness (QED) is 0.812. The van der Waals surface area contributed by atoms with Gasteiger partial charge in [-0.05, 0) is 31.0 Å². The molecule has 1 unspecified atom stereocenters. The third-order valence-corrected chi connectivity index (χ3v) is 5.87. The smallest absolute Gasteiger partial charge is 0.244 e. The van der Waals surface area contributed by atoms with Gasteiger partial charge in [-0.2, -0.15) is 4.31 Å². The van der Waals surface area contributed by atoms with E-state index in [4.69, 9.17) is 17.3 Å². The fourth-order valence-corrected chi connectivity index (χ4v) is 4.68. The summed E-state index contributed by atoms with van der Waals surface area (Å²) in [7, 11) is -3.82. The second kappa shape index (κ2) is 5.82.